The van der Waals surface area contributed by atoms with Crippen LogP contribution >= 0.6 is 0 Å². The second-order valence-electron chi connectivity index (χ2n) is 4.99. The van der Waals surface area contributed by atoms with Crippen LogP contribution in [0.4, 0.5) is 0 Å². The molecule has 1 atom stereocenters. The fourth-order valence-corrected chi connectivity index (χ4v) is 2.35. The van der Waals surface area contributed by atoms with Gasteiger partial charge >= 0.3 is 0 Å². The van der Waals surface area contributed by atoms with Gasteiger partial charge in [-0.3, -0.25) is 9.67 Å². The van der Waals surface area contributed by atoms with Crippen LogP contribution in [0.3, 0.4) is 0 Å². The van der Waals surface area contributed by atoms with Gasteiger partial charge in [0, 0.05) is 31.1 Å². The molecule has 4 nitrogen and oxygen atoms in total. The summed E-state index contributed by atoms with van der Waals surface area (Å²) < 4.78 is 1.90. The molecular formula is C15H21N3O. The Morgan fingerprint density at radius 1 is 1.32 bits per heavy atom. The average molecular weight is 259 g/mol. The van der Waals surface area contributed by atoms with Gasteiger partial charge in [-0.15, -0.1) is 0 Å². The van der Waals surface area contributed by atoms with Crippen molar-refractivity contribution >= 4 is 0 Å². The first-order valence-corrected chi connectivity index (χ1v) is 6.65. The number of nitrogens with zero attached hydrogens (tertiary/aromatic N) is 3. The van der Waals surface area contributed by atoms with E-state index in [0.29, 0.717) is 6.42 Å². The van der Waals surface area contributed by atoms with E-state index < -0.39 is 0 Å². The van der Waals surface area contributed by atoms with Gasteiger partial charge in [-0.25, -0.2) is 0 Å². The minimum absolute atomic E-state index is 0.353. The highest BCUT2D eigenvalue weighted by atomic mass is 16.3. The van der Waals surface area contributed by atoms with E-state index in [2.05, 4.69) is 17.0 Å². The molecule has 0 saturated heterocycles. The third-order valence-electron chi connectivity index (χ3n) is 3.56. The van der Waals surface area contributed by atoms with E-state index in [0.717, 1.165) is 24.2 Å². The normalized spacial score (nSPS) is 12.6. The number of aliphatic hydroxyl groups is 1. The summed E-state index contributed by atoms with van der Waals surface area (Å²) in [5.41, 5.74) is 4.43. The molecule has 102 valence electrons. The van der Waals surface area contributed by atoms with Gasteiger partial charge < -0.3 is 5.11 Å². The molecule has 0 radical (unpaired) electrons. The monoisotopic (exact) mass is 259 g/mol. The first-order chi connectivity index (χ1) is 9.08. The molecule has 0 aliphatic heterocycles. The molecule has 1 N–H and O–H groups in total. The van der Waals surface area contributed by atoms with Crippen LogP contribution in [0.25, 0.3) is 0 Å². The highest BCUT2D eigenvalue weighted by molar-refractivity contribution is 5.24. The molecular weight excluding hydrogens is 238 g/mol. The summed E-state index contributed by atoms with van der Waals surface area (Å²) in [6.45, 7) is 4.09. The number of aromatic nitrogens is 3. The van der Waals surface area contributed by atoms with Crippen LogP contribution < -0.4 is 0 Å². The maximum absolute atomic E-state index is 10.1. The van der Waals surface area contributed by atoms with E-state index in [4.69, 9.17) is 0 Å². The van der Waals surface area contributed by atoms with Crippen molar-refractivity contribution in [1.82, 2.24) is 14.8 Å². The molecule has 19 heavy (non-hydrogen) atoms. The van der Waals surface area contributed by atoms with Gasteiger partial charge in [-0.1, -0.05) is 6.07 Å². The molecule has 2 aromatic rings. The summed E-state index contributed by atoms with van der Waals surface area (Å²) in [5.74, 6) is 0. The maximum atomic E-state index is 10.1. The van der Waals surface area contributed by atoms with Gasteiger partial charge in [0.25, 0.3) is 0 Å². The predicted octanol–water partition coefficient (Wildman–Crippen LogP) is 1.97. The van der Waals surface area contributed by atoms with E-state index >= 15 is 0 Å². The topological polar surface area (TPSA) is 50.9 Å². The van der Waals surface area contributed by atoms with E-state index in [1.54, 1.807) is 6.20 Å². The number of aliphatic hydroxyl groups excluding tert-OH is 1. The van der Waals surface area contributed by atoms with Gasteiger partial charge in [0.05, 0.1) is 11.8 Å². The van der Waals surface area contributed by atoms with Crippen molar-refractivity contribution in [1.29, 1.82) is 0 Å². The molecule has 4 heteroatoms. The molecule has 0 saturated carbocycles. The summed E-state index contributed by atoms with van der Waals surface area (Å²) >= 11 is 0. The Balaban J connectivity index is 1.92. The Labute approximate surface area is 114 Å². The van der Waals surface area contributed by atoms with Crippen molar-refractivity contribution in [2.75, 3.05) is 0 Å². The molecule has 2 heterocycles. The van der Waals surface area contributed by atoms with Gasteiger partial charge in [-0.2, -0.15) is 5.10 Å². The van der Waals surface area contributed by atoms with Gasteiger partial charge in [0.1, 0.15) is 0 Å². The highest BCUT2D eigenvalue weighted by Gasteiger charge is 2.12. The molecule has 0 bridgehead atoms. The Morgan fingerprint density at radius 3 is 2.68 bits per heavy atom. The van der Waals surface area contributed by atoms with Crippen LogP contribution in [-0.4, -0.2) is 26.0 Å². The second kappa shape index (κ2) is 5.97. The lowest BCUT2D eigenvalue weighted by Crippen LogP contribution is -2.13. The van der Waals surface area contributed by atoms with Crippen molar-refractivity contribution in [3.05, 3.63) is 47.0 Å². The molecule has 2 aromatic heterocycles. The van der Waals surface area contributed by atoms with Crippen molar-refractivity contribution in [3.63, 3.8) is 0 Å². The van der Waals surface area contributed by atoms with Crippen LogP contribution in [0.5, 0.6) is 0 Å². The minimum atomic E-state index is -0.353. The zero-order valence-electron chi connectivity index (χ0n) is 11.8. The Morgan fingerprint density at radius 2 is 2.11 bits per heavy atom. The van der Waals surface area contributed by atoms with Crippen LogP contribution in [0.15, 0.2) is 24.4 Å². The molecule has 0 fully saturated rings. The maximum Gasteiger partial charge on any atom is 0.0628 e. The lowest BCUT2D eigenvalue weighted by Gasteiger charge is -2.10. The van der Waals surface area contributed by atoms with Crippen molar-refractivity contribution in [3.8, 4) is 0 Å². The summed E-state index contributed by atoms with van der Waals surface area (Å²) in [5, 5.41) is 14.5. The largest absolute Gasteiger partial charge is 0.393 e. The number of rotatable bonds is 5. The first kappa shape index (κ1) is 13.7. The summed E-state index contributed by atoms with van der Waals surface area (Å²) in [4.78, 5) is 4.24. The number of pyridine rings is 1. The van der Waals surface area contributed by atoms with Crippen LogP contribution in [0.2, 0.25) is 0 Å². The van der Waals surface area contributed by atoms with Gasteiger partial charge in [-0.05, 0) is 44.4 Å². The number of hydrogen-bond acceptors (Lipinski definition) is 3. The van der Waals surface area contributed by atoms with Crippen LogP contribution in [-0.2, 0) is 19.9 Å². The van der Waals surface area contributed by atoms with Gasteiger partial charge in [0.15, 0.2) is 0 Å². The molecule has 0 aromatic carbocycles. The summed E-state index contributed by atoms with van der Waals surface area (Å²) in [6, 6.07) is 5.78. The molecule has 2 rings (SSSR count). The van der Waals surface area contributed by atoms with E-state index in [9.17, 15) is 5.11 Å². The first-order valence-electron chi connectivity index (χ1n) is 6.65. The van der Waals surface area contributed by atoms with Gasteiger partial charge in [0.2, 0.25) is 0 Å². The highest BCUT2D eigenvalue weighted by Crippen LogP contribution is 2.16. The minimum Gasteiger partial charge on any atom is -0.393 e. The molecule has 0 amide bonds. The Hall–Kier alpha value is -1.68. The second-order valence-corrected chi connectivity index (χ2v) is 4.99. The molecule has 0 aliphatic rings. The lowest BCUT2D eigenvalue weighted by atomic mass is 10.0. The fraction of sp³-hybridized carbons (Fsp3) is 0.467. The van der Waals surface area contributed by atoms with Crippen molar-refractivity contribution < 1.29 is 5.11 Å². The van der Waals surface area contributed by atoms with E-state index in [-0.39, 0.29) is 6.10 Å². The smallest absolute Gasteiger partial charge is 0.0628 e. The van der Waals surface area contributed by atoms with Crippen molar-refractivity contribution in [2.24, 2.45) is 7.05 Å². The average Bonchev–Trinajstić information content (AvgIpc) is 2.62. The molecule has 0 aliphatic carbocycles. The van der Waals surface area contributed by atoms with Crippen LogP contribution in [0.1, 0.15) is 29.1 Å². The summed E-state index contributed by atoms with van der Waals surface area (Å²) in [6.07, 6.45) is 3.62. The SMILES string of the molecule is Cc1nn(C)c(C)c1CCC(O)Cc1ccccn1. The quantitative estimate of drug-likeness (QED) is 0.893. The van der Waals surface area contributed by atoms with E-state index in [1.807, 2.05) is 36.9 Å². The fourth-order valence-electron chi connectivity index (χ4n) is 2.35. The zero-order chi connectivity index (χ0) is 13.8. The predicted molar refractivity (Wildman–Crippen MR) is 75.0 cm³/mol. The third kappa shape index (κ3) is 3.41. The van der Waals surface area contributed by atoms with E-state index in [1.165, 1.54) is 11.3 Å². The lowest BCUT2D eigenvalue weighted by molar-refractivity contribution is 0.164. The van der Waals surface area contributed by atoms with Crippen molar-refractivity contribution in [2.45, 2.75) is 39.2 Å². The van der Waals surface area contributed by atoms with Crippen LogP contribution in [0, 0.1) is 13.8 Å². The summed E-state index contributed by atoms with van der Waals surface area (Å²) in [7, 11) is 1.95. The third-order valence-corrected chi connectivity index (χ3v) is 3.56. The molecule has 0 spiro atoms. The zero-order valence-corrected chi connectivity index (χ0v) is 11.8. The number of aryl methyl sites for hydroxylation is 2. The Bertz CT molecular complexity index is 534. The molecule has 1 unspecified atom stereocenters. The number of hydrogen-bond donors (Lipinski definition) is 1. The Kier molecular flexibility index (Phi) is 4.32. The standard InChI is InChI=1S/C15H21N3O/c1-11-15(12(2)18(3)17-11)8-7-14(19)10-13-6-4-5-9-16-13/h4-6,9,14,19H,7-8,10H2,1-3H3.